The summed E-state index contributed by atoms with van der Waals surface area (Å²) in [6.45, 7) is 7.39. The van der Waals surface area contributed by atoms with Gasteiger partial charge in [0.2, 0.25) is 0 Å². The molecule has 0 aliphatic heterocycles. The molecule has 2 N–H and O–H groups in total. The molecule has 0 bridgehead atoms. The fraction of sp³-hybridized carbons (Fsp3) is 0.562. The molecule has 0 unspecified atom stereocenters. The van der Waals surface area contributed by atoms with Gasteiger partial charge in [0.15, 0.2) is 0 Å². The lowest BCUT2D eigenvalue weighted by Gasteiger charge is -2.26. The number of aryl methyl sites for hydroxylation is 1. The SMILES string of the molecule is Cc1cc(C(=O)N(CC2CC2)C(C)C)sc1C#CCN. The summed E-state index contributed by atoms with van der Waals surface area (Å²) < 4.78 is 0. The molecule has 1 aromatic heterocycles. The summed E-state index contributed by atoms with van der Waals surface area (Å²) in [4.78, 5) is 16.4. The highest BCUT2D eigenvalue weighted by molar-refractivity contribution is 7.14. The van der Waals surface area contributed by atoms with Crippen LogP contribution in [0.2, 0.25) is 0 Å². The van der Waals surface area contributed by atoms with Crippen molar-refractivity contribution in [3.63, 3.8) is 0 Å². The lowest BCUT2D eigenvalue weighted by Crippen LogP contribution is -2.38. The molecule has 2 rings (SSSR count). The molecule has 1 fully saturated rings. The highest BCUT2D eigenvalue weighted by Crippen LogP contribution is 2.31. The predicted molar refractivity (Wildman–Crippen MR) is 83.9 cm³/mol. The topological polar surface area (TPSA) is 46.3 Å². The smallest absolute Gasteiger partial charge is 0.264 e. The number of hydrogen-bond acceptors (Lipinski definition) is 3. The normalized spacial score (nSPS) is 14.1. The molecule has 0 spiro atoms. The zero-order valence-electron chi connectivity index (χ0n) is 12.4. The standard InChI is InChI=1S/C16H22N2OS/c1-11(2)18(10-13-6-7-13)16(19)15-9-12(3)14(20-15)5-4-8-17/h9,11,13H,6-8,10,17H2,1-3H3. The number of carbonyl (C=O) groups excluding carboxylic acids is 1. The van der Waals surface area contributed by atoms with Gasteiger partial charge < -0.3 is 10.6 Å². The third kappa shape index (κ3) is 3.62. The third-order valence-electron chi connectivity index (χ3n) is 3.47. The van der Waals surface area contributed by atoms with Crippen LogP contribution in [0, 0.1) is 24.7 Å². The lowest BCUT2D eigenvalue weighted by molar-refractivity contribution is 0.0701. The molecule has 1 aliphatic carbocycles. The Morgan fingerprint density at radius 1 is 1.55 bits per heavy atom. The Morgan fingerprint density at radius 3 is 2.80 bits per heavy atom. The van der Waals surface area contributed by atoms with Crippen LogP contribution in [0.1, 0.15) is 46.8 Å². The second kappa shape index (κ2) is 6.43. The van der Waals surface area contributed by atoms with Gasteiger partial charge in [-0.15, -0.1) is 11.3 Å². The second-order valence-corrected chi connectivity index (χ2v) is 6.68. The second-order valence-electron chi connectivity index (χ2n) is 5.62. The quantitative estimate of drug-likeness (QED) is 0.867. The van der Waals surface area contributed by atoms with Gasteiger partial charge in [0.25, 0.3) is 5.91 Å². The van der Waals surface area contributed by atoms with Crippen molar-refractivity contribution < 1.29 is 4.79 Å². The molecule has 0 atom stereocenters. The average Bonchev–Trinajstić information content (AvgIpc) is 3.15. The van der Waals surface area contributed by atoms with Crippen molar-refractivity contribution in [3.8, 4) is 11.8 Å². The summed E-state index contributed by atoms with van der Waals surface area (Å²) >= 11 is 1.48. The Bertz CT molecular complexity index is 547. The Morgan fingerprint density at radius 2 is 2.25 bits per heavy atom. The van der Waals surface area contributed by atoms with E-state index in [2.05, 4.69) is 25.7 Å². The van der Waals surface area contributed by atoms with Crippen LogP contribution in [0.15, 0.2) is 6.07 Å². The van der Waals surface area contributed by atoms with Crippen LogP contribution in [-0.2, 0) is 0 Å². The number of nitrogens with zero attached hydrogens (tertiary/aromatic N) is 1. The average molecular weight is 290 g/mol. The van der Waals surface area contributed by atoms with Crippen LogP contribution in [0.3, 0.4) is 0 Å². The van der Waals surface area contributed by atoms with Crippen LogP contribution in [0.5, 0.6) is 0 Å². The van der Waals surface area contributed by atoms with E-state index in [1.54, 1.807) is 0 Å². The summed E-state index contributed by atoms with van der Waals surface area (Å²) in [5, 5.41) is 0. The Kier molecular flexibility index (Phi) is 4.85. The summed E-state index contributed by atoms with van der Waals surface area (Å²) in [6, 6.07) is 2.19. The van der Waals surface area contributed by atoms with Crippen LogP contribution in [0.25, 0.3) is 0 Å². The van der Waals surface area contributed by atoms with Crippen molar-refractivity contribution in [2.75, 3.05) is 13.1 Å². The molecule has 0 saturated heterocycles. The number of rotatable bonds is 4. The molecule has 1 aliphatic rings. The van der Waals surface area contributed by atoms with Crippen molar-refractivity contribution in [1.29, 1.82) is 0 Å². The number of nitrogens with two attached hydrogens (primary N) is 1. The van der Waals surface area contributed by atoms with Gasteiger partial charge in [-0.2, -0.15) is 0 Å². The first kappa shape index (κ1) is 15.1. The van der Waals surface area contributed by atoms with Crippen molar-refractivity contribution >= 4 is 17.2 Å². The number of carbonyl (C=O) groups is 1. The lowest BCUT2D eigenvalue weighted by atomic mass is 10.2. The van der Waals surface area contributed by atoms with Crippen molar-refractivity contribution in [3.05, 3.63) is 21.4 Å². The number of thiophene rings is 1. The van der Waals surface area contributed by atoms with E-state index in [9.17, 15) is 4.79 Å². The van der Waals surface area contributed by atoms with E-state index in [4.69, 9.17) is 5.73 Å². The highest BCUT2D eigenvalue weighted by atomic mass is 32.1. The molecule has 20 heavy (non-hydrogen) atoms. The molecule has 108 valence electrons. The highest BCUT2D eigenvalue weighted by Gasteiger charge is 2.29. The van der Waals surface area contributed by atoms with Crippen LogP contribution < -0.4 is 5.73 Å². The maximum Gasteiger partial charge on any atom is 0.264 e. The van der Waals surface area contributed by atoms with Gasteiger partial charge in [-0.25, -0.2) is 0 Å². The van der Waals surface area contributed by atoms with Gasteiger partial charge in [-0.1, -0.05) is 11.8 Å². The van der Waals surface area contributed by atoms with Gasteiger partial charge in [0.1, 0.15) is 0 Å². The summed E-state index contributed by atoms with van der Waals surface area (Å²) in [7, 11) is 0. The van der Waals surface area contributed by atoms with Crippen LogP contribution in [0.4, 0.5) is 0 Å². The van der Waals surface area contributed by atoms with Crippen LogP contribution >= 0.6 is 11.3 Å². The third-order valence-corrected chi connectivity index (χ3v) is 4.61. The molecular weight excluding hydrogens is 268 g/mol. The molecule has 1 aromatic rings. The first-order chi connectivity index (χ1) is 9.52. The van der Waals surface area contributed by atoms with E-state index in [1.165, 1.54) is 24.2 Å². The van der Waals surface area contributed by atoms with Gasteiger partial charge in [0.05, 0.1) is 16.3 Å². The fourth-order valence-corrected chi connectivity index (χ4v) is 3.09. The first-order valence-electron chi connectivity index (χ1n) is 7.13. The Balaban J connectivity index is 2.17. The van der Waals surface area contributed by atoms with Gasteiger partial charge in [0, 0.05) is 12.6 Å². The van der Waals surface area contributed by atoms with E-state index in [1.807, 2.05) is 17.9 Å². The maximum absolute atomic E-state index is 12.7. The molecule has 3 nitrogen and oxygen atoms in total. The first-order valence-corrected chi connectivity index (χ1v) is 7.95. The zero-order valence-corrected chi connectivity index (χ0v) is 13.2. The molecule has 4 heteroatoms. The van der Waals surface area contributed by atoms with Crippen molar-refractivity contribution in [1.82, 2.24) is 4.90 Å². The zero-order chi connectivity index (χ0) is 14.7. The van der Waals surface area contributed by atoms with Crippen LogP contribution in [-0.4, -0.2) is 29.9 Å². The number of amides is 1. The summed E-state index contributed by atoms with van der Waals surface area (Å²) in [6.07, 6.45) is 2.51. The minimum atomic E-state index is 0.140. The van der Waals surface area contributed by atoms with E-state index in [0.717, 1.165) is 21.9 Å². The minimum absolute atomic E-state index is 0.140. The van der Waals surface area contributed by atoms with E-state index in [-0.39, 0.29) is 11.9 Å². The number of hydrogen-bond donors (Lipinski definition) is 1. The van der Waals surface area contributed by atoms with Crippen molar-refractivity contribution in [2.45, 2.75) is 39.7 Å². The Labute approximate surface area is 125 Å². The maximum atomic E-state index is 12.7. The molecule has 1 amide bonds. The Hall–Kier alpha value is -1.31. The van der Waals surface area contributed by atoms with Gasteiger partial charge in [-0.3, -0.25) is 4.79 Å². The molecule has 1 saturated carbocycles. The molecule has 1 heterocycles. The largest absolute Gasteiger partial charge is 0.335 e. The summed E-state index contributed by atoms with van der Waals surface area (Å²) in [5.41, 5.74) is 6.46. The summed E-state index contributed by atoms with van der Waals surface area (Å²) in [5.74, 6) is 6.74. The predicted octanol–water partition coefficient (Wildman–Crippen LogP) is 2.63. The molecule has 0 radical (unpaired) electrons. The fourth-order valence-electron chi connectivity index (χ4n) is 2.09. The molecular formula is C16H22N2OS. The van der Waals surface area contributed by atoms with E-state index >= 15 is 0 Å². The molecule has 0 aromatic carbocycles. The van der Waals surface area contributed by atoms with E-state index < -0.39 is 0 Å². The van der Waals surface area contributed by atoms with Crippen molar-refractivity contribution in [2.24, 2.45) is 11.7 Å². The van der Waals surface area contributed by atoms with Gasteiger partial charge in [-0.05, 0) is 51.2 Å². The minimum Gasteiger partial charge on any atom is -0.335 e. The van der Waals surface area contributed by atoms with E-state index in [0.29, 0.717) is 12.5 Å². The monoisotopic (exact) mass is 290 g/mol. The van der Waals surface area contributed by atoms with Gasteiger partial charge >= 0.3 is 0 Å².